The van der Waals surface area contributed by atoms with Gasteiger partial charge in [0.15, 0.2) is 0 Å². The summed E-state index contributed by atoms with van der Waals surface area (Å²) in [5, 5.41) is 12.2. The maximum absolute atomic E-state index is 12.9. The number of hydrogen-bond acceptors (Lipinski definition) is 2. The van der Waals surface area contributed by atoms with Crippen LogP contribution >= 0.6 is 0 Å². The highest BCUT2D eigenvalue weighted by Gasteiger charge is 2.41. The van der Waals surface area contributed by atoms with Crippen molar-refractivity contribution >= 4 is 12.0 Å². The Bertz CT molecular complexity index is 509. The van der Waals surface area contributed by atoms with Crippen LogP contribution in [0.3, 0.4) is 0 Å². The van der Waals surface area contributed by atoms with Gasteiger partial charge in [-0.05, 0) is 19.9 Å². The molecule has 106 valence electrons. The number of carbonyl (C=O) groups is 1. The molecular formula is C11H12F4N2O2. The van der Waals surface area contributed by atoms with E-state index in [9.17, 15) is 22.4 Å². The number of rotatable bonds is 5. The first-order valence-corrected chi connectivity index (χ1v) is 5.26. The molecule has 4 nitrogen and oxygen atoms in total. The molecule has 0 aromatic carbocycles. The van der Waals surface area contributed by atoms with Gasteiger partial charge in [0.1, 0.15) is 6.54 Å². The number of nitrogens with zero attached hydrogens (tertiary/aromatic N) is 2. The van der Waals surface area contributed by atoms with Gasteiger partial charge in [0.25, 0.3) is 0 Å². The van der Waals surface area contributed by atoms with E-state index >= 15 is 0 Å². The van der Waals surface area contributed by atoms with Crippen molar-refractivity contribution in [3.8, 4) is 0 Å². The molecule has 0 fully saturated rings. The Kier molecular flexibility index (Phi) is 4.33. The van der Waals surface area contributed by atoms with Crippen molar-refractivity contribution in [2.24, 2.45) is 0 Å². The molecule has 0 radical (unpaired) electrons. The number of alkyl halides is 4. The molecule has 0 unspecified atom stereocenters. The third-order valence-electron chi connectivity index (χ3n) is 2.51. The Labute approximate surface area is 106 Å². The Balaban J connectivity index is 3.07. The van der Waals surface area contributed by atoms with Crippen LogP contribution in [-0.4, -0.2) is 33.2 Å². The second kappa shape index (κ2) is 5.41. The molecule has 1 N–H and O–H groups in total. The van der Waals surface area contributed by atoms with Crippen LogP contribution in [-0.2, 0) is 11.3 Å². The van der Waals surface area contributed by atoms with E-state index in [2.05, 4.69) is 5.10 Å². The fourth-order valence-corrected chi connectivity index (χ4v) is 1.53. The van der Waals surface area contributed by atoms with Crippen LogP contribution in [0.1, 0.15) is 17.0 Å². The lowest BCUT2D eigenvalue weighted by molar-refractivity contribution is -0.139. The van der Waals surface area contributed by atoms with Crippen molar-refractivity contribution in [2.45, 2.75) is 32.7 Å². The number of aliphatic carboxylic acids is 1. The van der Waals surface area contributed by atoms with Crippen molar-refractivity contribution < 1.29 is 27.5 Å². The van der Waals surface area contributed by atoms with E-state index in [1.807, 2.05) is 0 Å². The van der Waals surface area contributed by atoms with E-state index < -0.39 is 24.9 Å². The first-order chi connectivity index (χ1) is 8.65. The molecule has 1 aromatic heterocycles. The molecule has 0 saturated heterocycles. The Morgan fingerprint density at radius 2 is 2.05 bits per heavy atom. The van der Waals surface area contributed by atoms with Crippen molar-refractivity contribution in [1.29, 1.82) is 0 Å². The minimum Gasteiger partial charge on any atom is -0.478 e. The Hall–Kier alpha value is -1.86. The zero-order chi connectivity index (χ0) is 14.8. The average molecular weight is 280 g/mol. The largest absolute Gasteiger partial charge is 0.478 e. The zero-order valence-electron chi connectivity index (χ0n) is 10.2. The monoisotopic (exact) mass is 280 g/mol. The van der Waals surface area contributed by atoms with Crippen LogP contribution in [0.4, 0.5) is 17.6 Å². The van der Waals surface area contributed by atoms with Crippen LogP contribution in [0.15, 0.2) is 6.08 Å². The Morgan fingerprint density at radius 1 is 1.47 bits per heavy atom. The van der Waals surface area contributed by atoms with E-state index in [1.54, 1.807) is 0 Å². The van der Waals surface area contributed by atoms with E-state index in [-0.39, 0.29) is 5.69 Å². The number of halogens is 4. The second-order valence-electron chi connectivity index (χ2n) is 3.98. The number of aryl methyl sites for hydroxylation is 1. The molecule has 0 aliphatic carbocycles. The minimum atomic E-state index is -4.18. The van der Waals surface area contributed by atoms with Crippen LogP contribution in [0.2, 0.25) is 0 Å². The topological polar surface area (TPSA) is 55.1 Å². The predicted octanol–water partition coefficient (Wildman–Crippen LogP) is 2.50. The molecule has 8 heteroatoms. The van der Waals surface area contributed by atoms with E-state index in [0.717, 1.165) is 10.8 Å². The molecule has 0 aliphatic heterocycles. The van der Waals surface area contributed by atoms with Gasteiger partial charge in [-0.25, -0.2) is 13.6 Å². The summed E-state index contributed by atoms with van der Waals surface area (Å²) in [6.07, 6.45) is -1.77. The van der Waals surface area contributed by atoms with Gasteiger partial charge in [0.05, 0.1) is 5.69 Å². The molecule has 1 aromatic rings. The summed E-state index contributed by atoms with van der Waals surface area (Å²) in [5.41, 5.74) is 0.822. The SMILES string of the molecule is Cc1nn(CC(F)(F)C(F)F)c(C)c1/C=C/C(=O)O. The zero-order valence-corrected chi connectivity index (χ0v) is 10.2. The lowest BCUT2D eigenvalue weighted by Gasteiger charge is -2.15. The minimum absolute atomic E-state index is 0.204. The molecule has 1 rings (SSSR count). The second-order valence-corrected chi connectivity index (χ2v) is 3.98. The summed E-state index contributed by atoms with van der Waals surface area (Å²) in [5.74, 6) is -5.39. The maximum Gasteiger partial charge on any atom is 0.328 e. The van der Waals surface area contributed by atoms with Gasteiger partial charge in [-0.3, -0.25) is 4.68 Å². The summed E-state index contributed by atoms with van der Waals surface area (Å²) in [4.78, 5) is 10.4. The fraction of sp³-hybridized carbons (Fsp3) is 0.455. The quantitative estimate of drug-likeness (QED) is 0.666. The molecule has 0 atom stereocenters. The van der Waals surface area contributed by atoms with Crippen LogP contribution in [0, 0.1) is 13.8 Å². The predicted molar refractivity (Wildman–Crippen MR) is 59.3 cm³/mol. The maximum atomic E-state index is 12.9. The summed E-state index contributed by atoms with van der Waals surface area (Å²) >= 11 is 0. The fourth-order valence-electron chi connectivity index (χ4n) is 1.53. The van der Waals surface area contributed by atoms with Crippen molar-refractivity contribution in [1.82, 2.24) is 9.78 Å². The van der Waals surface area contributed by atoms with Crippen LogP contribution < -0.4 is 0 Å². The third kappa shape index (κ3) is 3.55. The number of aromatic nitrogens is 2. The lowest BCUT2D eigenvalue weighted by atomic mass is 10.2. The Morgan fingerprint density at radius 3 is 2.53 bits per heavy atom. The van der Waals surface area contributed by atoms with E-state index in [4.69, 9.17) is 5.11 Å². The first kappa shape index (κ1) is 15.2. The van der Waals surface area contributed by atoms with Gasteiger partial charge < -0.3 is 5.11 Å². The van der Waals surface area contributed by atoms with Crippen molar-refractivity contribution in [2.75, 3.05) is 0 Å². The van der Waals surface area contributed by atoms with Crippen LogP contribution in [0.5, 0.6) is 0 Å². The number of hydrogen-bond donors (Lipinski definition) is 1. The highest BCUT2D eigenvalue weighted by Crippen LogP contribution is 2.26. The number of carboxylic acid groups (broad SMARTS) is 1. The first-order valence-electron chi connectivity index (χ1n) is 5.26. The third-order valence-corrected chi connectivity index (χ3v) is 2.51. The van der Waals surface area contributed by atoms with Crippen molar-refractivity contribution in [3.63, 3.8) is 0 Å². The molecule has 0 spiro atoms. The number of carboxylic acids is 1. The molecule has 0 aliphatic rings. The van der Waals surface area contributed by atoms with Gasteiger partial charge in [0.2, 0.25) is 0 Å². The van der Waals surface area contributed by atoms with E-state index in [1.165, 1.54) is 19.9 Å². The van der Waals surface area contributed by atoms with Crippen molar-refractivity contribution in [3.05, 3.63) is 23.0 Å². The molecule has 19 heavy (non-hydrogen) atoms. The van der Waals surface area contributed by atoms with Gasteiger partial charge >= 0.3 is 18.3 Å². The highest BCUT2D eigenvalue weighted by atomic mass is 19.3. The molecule has 0 saturated carbocycles. The standard InChI is InChI=1S/C11H12F4N2O2/c1-6-8(3-4-9(18)19)7(2)17(16-6)5-11(14,15)10(12)13/h3-4,10H,5H2,1-2H3,(H,18,19)/b4-3+. The summed E-state index contributed by atoms with van der Waals surface area (Å²) in [6.45, 7) is 1.63. The summed E-state index contributed by atoms with van der Waals surface area (Å²) in [6, 6.07) is 0. The normalized spacial score (nSPS) is 12.6. The van der Waals surface area contributed by atoms with Gasteiger partial charge in [-0.15, -0.1) is 0 Å². The van der Waals surface area contributed by atoms with E-state index in [0.29, 0.717) is 11.3 Å². The molecular weight excluding hydrogens is 268 g/mol. The highest BCUT2D eigenvalue weighted by molar-refractivity contribution is 5.85. The smallest absolute Gasteiger partial charge is 0.328 e. The summed E-state index contributed by atoms with van der Waals surface area (Å²) < 4.78 is 50.9. The molecule has 0 amide bonds. The van der Waals surface area contributed by atoms with Gasteiger partial charge in [-0.2, -0.15) is 13.9 Å². The van der Waals surface area contributed by atoms with Gasteiger partial charge in [0, 0.05) is 17.3 Å². The molecule has 1 heterocycles. The summed E-state index contributed by atoms with van der Waals surface area (Å²) in [7, 11) is 0. The van der Waals surface area contributed by atoms with Gasteiger partial charge in [-0.1, -0.05) is 0 Å². The average Bonchev–Trinajstić information content (AvgIpc) is 2.51. The molecule has 0 bridgehead atoms. The lowest BCUT2D eigenvalue weighted by Crippen LogP contribution is -2.33. The van der Waals surface area contributed by atoms with Crippen LogP contribution in [0.25, 0.3) is 6.08 Å².